The third-order valence-corrected chi connectivity index (χ3v) is 3.60. The molecule has 7 heteroatoms. The summed E-state index contributed by atoms with van der Waals surface area (Å²) >= 11 is 1.58. The first kappa shape index (κ1) is 14.4. The van der Waals surface area contributed by atoms with Crippen LogP contribution in [0.3, 0.4) is 0 Å². The number of nitrogens with two attached hydrogens (primary N) is 1. The lowest BCUT2D eigenvalue weighted by molar-refractivity contribution is 0.318. The van der Waals surface area contributed by atoms with E-state index < -0.39 is 5.82 Å². The van der Waals surface area contributed by atoms with Gasteiger partial charge < -0.3 is 16.3 Å². The van der Waals surface area contributed by atoms with Crippen molar-refractivity contribution in [2.24, 2.45) is 10.9 Å². The van der Waals surface area contributed by atoms with Crippen LogP contribution in [-0.4, -0.2) is 16.0 Å². The number of benzene rings is 1. The number of nitrogens with zero attached hydrogens (tertiary/aromatic N) is 2. The van der Waals surface area contributed by atoms with Crippen LogP contribution in [0.25, 0.3) is 0 Å². The predicted octanol–water partition coefficient (Wildman–Crippen LogP) is 1.97. The second kappa shape index (κ2) is 6.44. The summed E-state index contributed by atoms with van der Waals surface area (Å²) in [6.07, 6.45) is 0. The Hall–Kier alpha value is -1.99. The van der Waals surface area contributed by atoms with Gasteiger partial charge in [0.25, 0.3) is 0 Å². The summed E-state index contributed by atoms with van der Waals surface area (Å²) < 4.78 is 13.4. The largest absolute Gasteiger partial charge is 0.409 e. The molecule has 1 aromatic heterocycles. The van der Waals surface area contributed by atoms with E-state index in [-0.39, 0.29) is 5.84 Å². The van der Waals surface area contributed by atoms with E-state index in [0.717, 1.165) is 16.3 Å². The number of aryl methyl sites for hydroxylation is 1. The van der Waals surface area contributed by atoms with E-state index in [1.54, 1.807) is 17.4 Å². The van der Waals surface area contributed by atoms with Crippen molar-refractivity contribution in [3.8, 4) is 0 Å². The van der Waals surface area contributed by atoms with Gasteiger partial charge in [-0.15, -0.1) is 11.3 Å². The van der Waals surface area contributed by atoms with Crippen LogP contribution in [0, 0.1) is 12.7 Å². The fourth-order valence-corrected chi connectivity index (χ4v) is 2.50. The van der Waals surface area contributed by atoms with E-state index in [1.807, 2.05) is 12.3 Å². The van der Waals surface area contributed by atoms with Crippen LogP contribution < -0.4 is 11.1 Å². The quantitative estimate of drug-likeness (QED) is 0.341. The molecule has 0 bridgehead atoms. The molecule has 0 radical (unpaired) electrons. The third-order valence-electron chi connectivity index (χ3n) is 2.63. The average molecular weight is 294 g/mol. The number of rotatable bonds is 5. The molecule has 0 atom stereocenters. The number of hydrogen-bond acceptors (Lipinski definition) is 5. The Kier molecular flexibility index (Phi) is 4.65. The zero-order valence-electron chi connectivity index (χ0n) is 10.9. The maximum absolute atomic E-state index is 13.4. The minimum absolute atomic E-state index is 0.110. The molecule has 0 aliphatic heterocycles. The Bertz CT molecular complexity index is 627. The highest BCUT2D eigenvalue weighted by molar-refractivity contribution is 7.09. The molecular formula is C13H15FN4OS. The van der Waals surface area contributed by atoms with E-state index >= 15 is 0 Å². The molecule has 0 unspecified atom stereocenters. The molecule has 0 amide bonds. The lowest BCUT2D eigenvalue weighted by Crippen LogP contribution is -2.16. The lowest BCUT2D eigenvalue weighted by atomic mass is 10.1. The molecule has 0 saturated heterocycles. The highest BCUT2D eigenvalue weighted by Gasteiger charge is 2.05. The highest BCUT2D eigenvalue weighted by atomic mass is 32.1. The van der Waals surface area contributed by atoms with Crippen LogP contribution >= 0.6 is 11.3 Å². The van der Waals surface area contributed by atoms with E-state index in [1.165, 1.54) is 12.1 Å². The van der Waals surface area contributed by atoms with Crippen molar-refractivity contribution in [1.29, 1.82) is 0 Å². The smallest absolute Gasteiger partial charge is 0.170 e. The first-order valence-electron chi connectivity index (χ1n) is 5.97. The van der Waals surface area contributed by atoms with Crippen molar-refractivity contribution in [2.75, 3.05) is 0 Å². The van der Waals surface area contributed by atoms with E-state index in [2.05, 4.69) is 15.5 Å². The van der Waals surface area contributed by atoms with Crippen LogP contribution in [0.4, 0.5) is 4.39 Å². The van der Waals surface area contributed by atoms with Gasteiger partial charge in [-0.1, -0.05) is 5.16 Å². The van der Waals surface area contributed by atoms with Gasteiger partial charge in [0.05, 0.1) is 0 Å². The zero-order chi connectivity index (χ0) is 14.5. The molecule has 0 saturated carbocycles. The van der Waals surface area contributed by atoms with Crippen molar-refractivity contribution in [3.05, 3.63) is 51.2 Å². The first-order valence-corrected chi connectivity index (χ1v) is 6.85. The Balaban J connectivity index is 2.00. The Labute approximate surface area is 120 Å². The predicted molar refractivity (Wildman–Crippen MR) is 76.3 cm³/mol. The second-order valence-corrected chi connectivity index (χ2v) is 5.26. The average Bonchev–Trinajstić information content (AvgIpc) is 2.83. The van der Waals surface area contributed by atoms with Crippen molar-refractivity contribution < 1.29 is 9.60 Å². The van der Waals surface area contributed by atoms with E-state index in [9.17, 15) is 4.39 Å². The summed E-state index contributed by atoms with van der Waals surface area (Å²) in [5.74, 6) is -0.530. The Morgan fingerprint density at radius 2 is 2.25 bits per heavy atom. The number of hydrogen-bond donors (Lipinski definition) is 3. The van der Waals surface area contributed by atoms with Crippen LogP contribution in [0.2, 0.25) is 0 Å². The summed E-state index contributed by atoms with van der Waals surface area (Å²) in [6, 6.07) is 4.31. The van der Waals surface area contributed by atoms with Gasteiger partial charge in [-0.25, -0.2) is 9.37 Å². The minimum Gasteiger partial charge on any atom is -0.409 e. The molecule has 0 spiro atoms. The number of nitrogens with one attached hydrogen (secondary N) is 1. The number of oxime groups is 1. The van der Waals surface area contributed by atoms with Gasteiger partial charge in [-0.3, -0.25) is 0 Å². The SMILES string of the molecule is Cc1csc(CNCc2cc(F)cc(/C(N)=N/O)c2)n1. The molecule has 106 valence electrons. The number of thiazole rings is 1. The molecule has 0 aliphatic rings. The maximum atomic E-state index is 13.4. The monoisotopic (exact) mass is 294 g/mol. The summed E-state index contributed by atoms with van der Waals surface area (Å²) in [7, 11) is 0. The molecular weight excluding hydrogens is 279 g/mol. The van der Waals surface area contributed by atoms with Crippen LogP contribution in [0.5, 0.6) is 0 Å². The fourth-order valence-electron chi connectivity index (χ4n) is 1.76. The normalized spacial score (nSPS) is 11.8. The van der Waals surface area contributed by atoms with Crippen molar-refractivity contribution in [2.45, 2.75) is 20.0 Å². The third kappa shape index (κ3) is 3.75. The Morgan fingerprint density at radius 1 is 1.45 bits per heavy atom. The van der Waals surface area contributed by atoms with Crippen LogP contribution in [-0.2, 0) is 13.1 Å². The van der Waals surface area contributed by atoms with Crippen LogP contribution in [0.1, 0.15) is 21.8 Å². The summed E-state index contributed by atoms with van der Waals surface area (Å²) in [5.41, 5.74) is 7.53. The Morgan fingerprint density at radius 3 is 2.90 bits per heavy atom. The highest BCUT2D eigenvalue weighted by Crippen LogP contribution is 2.11. The molecule has 0 fully saturated rings. The minimum atomic E-state index is -0.420. The van der Waals surface area contributed by atoms with Gasteiger partial charge in [-0.05, 0) is 30.7 Å². The van der Waals surface area contributed by atoms with Crippen LogP contribution in [0.15, 0.2) is 28.7 Å². The molecule has 2 rings (SSSR count). The first-order chi connectivity index (χ1) is 9.58. The zero-order valence-corrected chi connectivity index (χ0v) is 11.7. The molecule has 1 heterocycles. The van der Waals surface area contributed by atoms with Crippen molar-refractivity contribution in [1.82, 2.24) is 10.3 Å². The van der Waals surface area contributed by atoms with Crippen molar-refractivity contribution >= 4 is 17.2 Å². The lowest BCUT2D eigenvalue weighted by Gasteiger charge is -2.06. The van der Waals surface area contributed by atoms with Gasteiger partial charge in [0.1, 0.15) is 10.8 Å². The molecule has 0 aliphatic carbocycles. The van der Waals surface area contributed by atoms with Crippen molar-refractivity contribution in [3.63, 3.8) is 0 Å². The molecule has 20 heavy (non-hydrogen) atoms. The summed E-state index contributed by atoms with van der Waals surface area (Å²) in [4.78, 5) is 4.33. The summed E-state index contributed by atoms with van der Waals surface area (Å²) in [6.45, 7) is 3.03. The van der Waals surface area contributed by atoms with Gasteiger partial charge in [0.15, 0.2) is 5.84 Å². The molecule has 2 aromatic rings. The van der Waals surface area contributed by atoms with Gasteiger partial charge in [0.2, 0.25) is 0 Å². The van der Waals surface area contributed by atoms with Gasteiger partial charge in [0, 0.05) is 29.7 Å². The standard InChI is InChI=1S/C13H15FN4OS/c1-8-7-20-12(17-8)6-16-5-9-2-10(13(15)18-19)4-11(14)3-9/h2-4,7,16,19H,5-6H2,1H3,(H2,15,18). The second-order valence-electron chi connectivity index (χ2n) is 4.32. The topological polar surface area (TPSA) is 83.5 Å². The number of amidine groups is 1. The maximum Gasteiger partial charge on any atom is 0.170 e. The summed E-state index contributed by atoms with van der Waals surface area (Å²) in [5, 5.41) is 17.6. The molecule has 1 aromatic carbocycles. The van der Waals surface area contributed by atoms with Gasteiger partial charge >= 0.3 is 0 Å². The molecule has 4 N–H and O–H groups in total. The van der Waals surface area contributed by atoms with E-state index in [0.29, 0.717) is 18.7 Å². The van der Waals surface area contributed by atoms with Gasteiger partial charge in [-0.2, -0.15) is 0 Å². The number of halogens is 1. The molecule has 5 nitrogen and oxygen atoms in total. The van der Waals surface area contributed by atoms with E-state index in [4.69, 9.17) is 10.9 Å². The fraction of sp³-hybridized carbons (Fsp3) is 0.231. The number of aromatic nitrogens is 1.